The topological polar surface area (TPSA) is 67.2 Å². The summed E-state index contributed by atoms with van der Waals surface area (Å²) in [6.45, 7) is 9.25. The van der Waals surface area contributed by atoms with Crippen LogP contribution in [0.5, 0.6) is 11.5 Å². The van der Waals surface area contributed by atoms with Crippen LogP contribution in [0, 0.1) is 0 Å². The summed E-state index contributed by atoms with van der Waals surface area (Å²) in [6, 6.07) is 11.5. The fourth-order valence-corrected chi connectivity index (χ4v) is 5.47. The molecule has 0 spiro atoms. The monoisotopic (exact) mass is 483 g/mol. The van der Waals surface area contributed by atoms with E-state index in [-0.39, 0.29) is 11.9 Å². The van der Waals surface area contributed by atoms with Crippen LogP contribution in [0.1, 0.15) is 46.4 Å². The second kappa shape index (κ2) is 11.1. The van der Waals surface area contributed by atoms with Crippen molar-refractivity contribution >= 4 is 22.2 Å². The molecule has 8 heteroatoms. The lowest BCUT2D eigenvalue weighted by molar-refractivity contribution is 0.0995. The Morgan fingerprint density at radius 3 is 2.50 bits per heavy atom. The van der Waals surface area contributed by atoms with Gasteiger partial charge in [0.15, 0.2) is 5.76 Å². The minimum absolute atomic E-state index is 0.0664. The molecule has 0 radical (unpaired) electrons. The van der Waals surface area contributed by atoms with Gasteiger partial charge in [0.25, 0.3) is 5.91 Å². The maximum atomic E-state index is 12.9. The van der Waals surface area contributed by atoms with Crippen LogP contribution >= 0.6 is 11.3 Å². The summed E-state index contributed by atoms with van der Waals surface area (Å²) in [6.07, 6.45) is 2.41. The summed E-state index contributed by atoms with van der Waals surface area (Å²) in [5.41, 5.74) is 2.14. The molecule has 1 fully saturated rings. The number of nitrogens with zero attached hydrogens (tertiary/aromatic N) is 2. The first-order valence-electron chi connectivity index (χ1n) is 11.7. The average molecular weight is 484 g/mol. The van der Waals surface area contributed by atoms with Crippen LogP contribution in [-0.4, -0.2) is 62.7 Å². The molecule has 1 saturated heterocycles. The molecule has 1 amide bonds. The molecule has 7 nitrogen and oxygen atoms in total. The molecule has 0 aliphatic carbocycles. The zero-order valence-electron chi connectivity index (χ0n) is 20.3. The van der Waals surface area contributed by atoms with Crippen molar-refractivity contribution in [1.82, 2.24) is 9.80 Å². The van der Waals surface area contributed by atoms with Gasteiger partial charge in [-0.15, -0.1) is 11.3 Å². The molecule has 4 rings (SSSR count). The number of anilines is 1. The first-order valence-corrected chi connectivity index (χ1v) is 12.5. The van der Waals surface area contributed by atoms with Crippen molar-refractivity contribution < 1.29 is 18.7 Å². The first-order chi connectivity index (χ1) is 16.6. The maximum absolute atomic E-state index is 12.9. The van der Waals surface area contributed by atoms with Crippen LogP contribution in [0.15, 0.2) is 47.1 Å². The molecule has 1 aromatic carbocycles. The fourth-order valence-electron chi connectivity index (χ4n) is 4.45. The summed E-state index contributed by atoms with van der Waals surface area (Å²) in [7, 11) is 3.35. The summed E-state index contributed by atoms with van der Waals surface area (Å²) < 4.78 is 16.6. The molecule has 0 unspecified atom stereocenters. The molecule has 1 aliphatic rings. The molecular weight excluding hydrogens is 450 g/mol. The number of methoxy groups -OCH3 is 2. The Hall–Kier alpha value is -2.81. The molecule has 0 saturated carbocycles. The fraction of sp³-hybridized carbons (Fsp3) is 0.423. The quantitative estimate of drug-likeness (QED) is 0.467. The lowest BCUT2D eigenvalue weighted by atomic mass is 9.96. The molecule has 3 aromatic rings. The van der Waals surface area contributed by atoms with Crippen LogP contribution in [0.4, 0.5) is 5.00 Å². The van der Waals surface area contributed by atoms with Crippen molar-refractivity contribution in [2.45, 2.75) is 26.3 Å². The Kier molecular flexibility index (Phi) is 7.92. The second-order valence-electron chi connectivity index (χ2n) is 8.26. The van der Waals surface area contributed by atoms with E-state index in [0.717, 1.165) is 66.8 Å². The van der Waals surface area contributed by atoms with E-state index < -0.39 is 0 Å². The number of thiophene rings is 1. The van der Waals surface area contributed by atoms with E-state index in [1.165, 1.54) is 11.1 Å². The normalized spacial score (nSPS) is 15.8. The van der Waals surface area contributed by atoms with Gasteiger partial charge in [0.2, 0.25) is 0 Å². The lowest BCUT2D eigenvalue weighted by Gasteiger charge is -2.39. The summed E-state index contributed by atoms with van der Waals surface area (Å²) >= 11 is 1.62. The van der Waals surface area contributed by atoms with E-state index in [9.17, 15) is 4.79 Å². The number of nitrogens with one attached hydrogen (secondary N) is 1. The van der Waals surface area contributed by atoms with Crippen LogP contribution in [0.2, 0.25) is 0 Å². The van der Waals surface area contributed by atoms with Crippen molar-refractivity contribution in [2.75, 3.05) is 52.3 Å². The Bertz CT molecular complexity index is 1090. The highest BCUT2D eigenvalue weighted by Crippen LogP contribution is 2.43. The van der Waals surface area contributed by atoms with E-state index in [2.05, 4.69) is 41.1 Å². The van der Waals surface area contributed by atoms with Gasteiger partial charge in [-0.25, -0.2) is 0 Å². The number of furan rings is 1. The number of carbonyl (C=O) groups excluding carboxylic acids is 1. The summed E-state index contributed by atoms with van der Waals surface area (Å²) in [5, 5.41) is 3.97. The molecule has 2 aromatic heterocycles. The largest absolute Gasteiger partial charge is 0.497 e. The van der Waals surface area contributed by atoms with Crippen LogP contribution in [-0.2, 0) is 6.42 Å². The molecular formula is C26H33N3O4S. The highest BCUT2D eigenvalue weighted by atomic mass is 32.1. The number of likely N-dealkylation sites (N-methyl/N-ethyl adjacent to an activating group) is 1. The molecule has 1 aliphatic heterocycles. The Balaban J connectivity index is 1.78. The van der Waals surface area contributed by atoms with Gasteiger partial charge in [0, 0.05) is 48.2 Å². The first kappa shape index (κ1) is 24.3. The molecule has 1 atom stereocenters. The smallest absolute Gasteiger partial charge is 0.291 e. The van der Waals surface area contributed by atoms with Crippen molar-refractivity contribution in [1.29, 1.82) is 0 Å². The van der Waals surface area contributed by atoms with Crippen LogP contribution in [0.25, 0.3) is 0 Å². The highest BCUT2D eigenvalue weighted by Gasteiger charge is 2.32. The number of ether oxygens (including phenoxy) is 2. The number of amides is 1. The zero-order chi connectivity index (χ0) is 24.1. The predicted molar refractivity (Wildman–Crippen MR) is 135 cm³/mol. The number of hydrogen-bond acceptors (Lipinski definition) is 7. The molecule has 182 valence electrons. The Labute approximate surface area is 205 Å². The van der Waals surface area contributed by atoms with Gasteiger partial charge in [0.1, 0.15) is 16.5 Å². The standard InChI is InChI=1S/C26H33N3O4S/c1-5-19-17-21(26(34-19)27-25(30)22-8-7-15-33-22)24(29-13-11-28(6-2)12-14-29)20-10-9-18(31-3)16-23(20)32-4/h7-10,15-17,24H,5-6,11-14H2,1-4H3,(H,27,30)/t24-/m0/s1. The average Bonchev–Trinajstić information content (AvgIpc) is 3.55. The van der Waals surface area contributed by atoms with Gasteiger partial charge in [-0.1, -0.05) is 13.8 Å². The van der Waals surface area contributed by atoms with E-state index in [1.54, 1.807) is 37.7 Å². The second-order valence-corrected chi connectivity index (χ2v) is 9.40. The van der Waals surface area contributed by atoms with Crippen LogP contribution < -0.4 is 14.8 Å². The third-order valence-electron chi connectivity index (χ3n) is 6.38. The summed E-state index contributed by atoms with van der Waals surface area (Å²) in [5.74, 6) is 1.58. The van der Waals surface area contributed by atoms with Crippen molar-refractivity contribution in [2.24, 2.45) is 0 Å². The number of piperazine rings is 1. The van der Waals surface area contributed by atoms with Gasteiger partial charge < -0.3 is 24.1 Å². The third kappa shape index (κ3) is 5.14. The van der Waals surface area contributed by atoms with Crippen molar-refractivity contribution in [3.05, 3.63) is 64.4 Å². The molecule has 3 heterocycles. The number of rotatable bonds is 9. The van der Waals surface area contributed by atoms with Gasteiger partial charge in [-0.2, -0.15) is 0 Å². The van der Waals surface area contributed by atoms with Crippen molar-refractivity contribution in [3.63, 3.8) is 0 Å². The van der Waals surface area contributed by atoms with E-state index in [0.29, 0.717) is 5.76 Å². The maximum Gasteiger partial charge on any atom is 0.291 e. The number of carbonyl (C=O) groups is 1. The van der Waals surface area contributed by atoms with Gasteiger partial charge in [-0.05, 0) is 43.3 Å². The van der Waals surface area contributed by atoms with E-state index in [1.807, 2.05) is 12.1 Å². The Morgan fingerprint density at radius 1 is 1.09 bits per heavy atom. The number of hydrogen-bond donors (Lipinski definition) is 1. The Morgan fingerprint density at radius 2 is 1.88 bits per heavy atom. The van der Waals surface area contributed by atoms with Gasteiger partial charge >= 0.3 is 0 Å². The zero-order valence-corrected chi connectivity index (χ0v) is 21.1. The third-order valence-corrected chi connectivity index (χ3v) is 7.59. The van der Waals surface area contributed by atoms with Gasteiger partial charge in [-0.3, -0.25) is 9.69 Å². The molecule has 0 bridgehead atoms. The van der Waals surface area contributed by atoms with Crippen molar-refractivity contribution in [3.8, 4) is 11.5 Å². The predicted octanol–water partition coefficient (Wildman–Crippen LogP) is 4.90. The number of aryl methyl sites for hydroxylation is 1. The highest BCUT2D eigenvalue weighted by molar-refractivity contribution is 7.16. The number of benzene rings is 1. The minimum Gasteiger partial charge on any atom is -0.497 e. The van der Waals surface area contributed by atoms with E-state index >= 15 is 0 Å². The summed E-state index contributed by atoms with van der Waals surface area (Å²) in [4.78, 5) is 19.1. The van der Waals surface area contributed by atoms with Crippen LogP contribution in [0.3, 0.4) is 0 Å². The molecule has 1 N–H and O–H groups in total. The molecule has 34 heavy (non-hydrogen) atoms. The SMILES string of the molecule is CCc1cc([C@H](c2ccc(OC)cc2OC)N2CCN(CC)CC2)c(NC(=O)c2ccco2)s1. The van der Waals surface area contributed by atoms with Gasteiger partial charge in [0.05, 0.1) is 26.5 Å². The lowest BCUT2D eigenvalue weighted by Crippen LogP contribution is -2.47. The van der Waals surface area contributed by atoms with E-state index in [4.69, 9.17) is 13.9 Å². The minimum atomic E-state index is -0.244.